The summed E-state index contributed by atoms with van der Waals surface area (Å²) in [6.07, 6.45) is 1.74. The number of benzene rings is 1. The highest BCUT2D eigenvalue weighted by Gasteiger charge is 2.08. The quantitative estimate of drug-likeness (QED) is 0.745. The number of carbonyl (C=O) groups is 1. The number of hydrogen-bond donors (Lipinski definition) is 1. The molecule has 0 fully saturated rings. The number of hydrogen-bond acceptors (Lipinski definition) is 4. The Labute approximate surface area is 131 Å². The molecule has 110 valence electrons. The van der Waals surface area contributed by atoms with Gasteiger partial charge in [-0.3, -0.25) is 9.20 Å². The number of aromatic nitrogens is 2. The maximum absolute atomic E-state index is 11.0. The molecule has 2 aromatic heterocycles. The van der Waals surface area contributed by atoms with Crippen molar-refractivity contribution in [3.05, 3.63) is 58.9 Å². The van der Waals surface area contributed by atoms with Gasteiger partial charge in [0.1, 0.15) is 5.65 Å². The number of azo groups is 1. The lowest BCUT2D eigenvalue weighted by Crippen LogP contribution is -2.10. The van der Waals surface area contributed by atoms with Crippen LogP contribution in [0.15, 0.2) is 52.8 Å². The van der Waals surface area contributed by atoms with E-state index in [1.807, 2.05) is 13.0 Å². The number of carbonyl (C=O) groups excluding carboxylic acids is 1. The Balaban J connectivity index is 1.96. The number of rotatable bonds is 3. The van der Waals surface area contributed by atoms with Crippen molar-refractivity contribution in [3.8, 4) is 0 Å². The molecule has 0 atom stereocenters. The molecule has 0 spiro atoms. The average molecular weight is 314 g/mol. The second kappa shape index (κ2) is 5.57. The second-order valence-corrected chi connectivity index (χ2v) is 5.14. The van der Waals surface area contributed by atoms with E-state index in [4.69, 9.17) is 17.3 Å². The van der Waals surface area contributed by atoms with Crippen LogP contribution in [-0.2, 0) is 0 Å². The first kappa shape index (κ1) is 14.2. The number of pyridine rings is 1. The van der Waals surface area contributed by atoms with Crippen LogP contribution in [0, 0.1) is 6.92 Å². The van der Waals surface area contributed by atoms with E-state index in [9.17, 15) is 4.79 Å². The van der Waals surface area contributed by atoms with Crippen LogP contribution in [0.2, 0.25) is 5.02 Å². The van der Waals surface area contributed by atoms with Crippen LogP contribution >= 0.6 is 11.6 Å². The van der Waals surface area contributed by atoms with Gasteiger partial charge in [0.15, 0.2) is 5.82 Å². The highest BCUT2D eigenvalue weighted by Crippen LogP contribution is 2.25. The van der Waals surface area contributed by atoms with Crippen molar-refractivity contribution < 1.29 is 4.79 Å². The lowest BCUT2D eigenvalue weighted by Gasteiger charge is -1.98. The topological polar surface area (TPSA) is 85.1 Å². The third kappa shape index (κ3) is 2.68. The van der Waals surface area contributed by atoms with Crippen LogP contribution < -0.4 is 5.73 Å². The van der Waals surface area contributed by atoms with E-state index < -0.39 is 5.91 Å². The molecule has 0 radical (unpaired) electrons. The van der Waals surface area contributed by atoms with Gasteiger partial charge in [0.25, 0.3) is 0 Å². The van der Waals surface area contributed by atoms with E-state index in [0.717, 1.165) is 11.3 Å². The Morgan fingerprint density at radius 1 is 1.18 bits per heavy atom. The zero-order valence-electron chi connectivity index (χ0n) is 11.7. The molecule has 0 saturated heterocycles. The van der Waals surface area contributed by atoms with Crippen molar-refractivity contribution >= 4 is 34.7 Å². The summed E-state index contributed by atoms with van der Waals surface area (Å²) < 4.78 is 1.78. The lowest BCUT2D eigenvalue weighted by atomic mass is 10.2. The Hall–Kier alpha value is -2.73. The SMILES string of the molecule is Cc1nc2ccc(Cl)cn2c1N=Nc1ccc(C(N)=O)cc1. The summed E-state index contributed by atoms with van der Waals surface area (Å²) in [4.78, 5) is 15.4. The van der Waals surface area contributed by atoms with Gasteiger partial charge in [0, 0.05) is 11.8 Å². The van der Waals surface area contributed by atoms with Crippen LogP contribution in [0.1, 0.15) is 16.1 Å². The number of primary amides is 1. The molecule has 3 rings (SSSR count). The summed E-state index contributed by atoms with van der Waals surface area (Å²) in [5, 5.41) is 8.98. The minimum Gasteiger partial charge on any atom is -0.366 e. The van der Waals surface area contributed by atoms with E-state index in [0.29, 0.717) is 22.1 Å². The number of nitrogens with zero attached hydrogens (tertiary/aromatic N) is 4. The van der Waals surface area contributed by atoms with E-state index in [2.05, 4.69) is 15.2 Å². The zero-order chi connectivity index (χ0) is 15.7. The molecule has 3 aromatic rings. The van der Waals surface area contributed by atoms with Crippen molar-refractivity contribution in [2.75, 3.05) is 0 Å². The third-order valence-corrected chi connectivity index (χ3v) is 3.36. The number of nitrogens with two attached hydrogens (primary N) is 1. The van der Waals surface area contributed by atoms with Crippen LogP contribution in [0.3, 0.4) is 0 Å². The Kier molecular flexibility index (Phi) is 3.60. The monoisotopic (exact) mass is 313 g/mol. The van der Waals surface area contributed by atoms with Gasteiger partial charge in [0.05, 0.1) is 16.4 Å². The number of fused-ring (bicyclic) bond motifs is 1. The fourth-order valence-corrected chi connectivity index (χ4v) is 2.20. The molecule has 7 heteroatoms. The first-order valence-corrected chi connectivity index (χ1v) is 6.88. The molecule has 0 aliphatic carbocycles. The van der Waals surface area contributed by atoms with Gasteiger partial charge < -0.3 is 5.73 Å². The maximum Gasteiger partial charge on any atom is 0.248 e. The van der Waals surface area contributed by atoms with Gasteiger partial charge in [-0.25, -0.2) is 4.98 Å². The summed E-state index contributed by atoms with van der Waals surface area (Å²) in [6, 6.07) is 10.1. The van der Waals surface area contributed by atoms with E-state index in [1.165, 1.54) is 0 Å². The van der Waals surface area contributed by atoms with E-state index in [-0.39, 0.29) is 0 Å². The summed E-state index contributed by atoms with van der Waals surface area (Å²) in [7, 11) is 0. The molecule has 0 saturated carbocycles. The van der Waals surface area contributed by atoms with E-state index in [1.54, 1.807) is 40.9 Å². The Bertz CT molecular complexity index is 883. The van der Waals surface area contributed by atoms with Crippen LogP contribution in [0.4, 0.5) is 11.5 Å². The fraction of sp³-hybridized carbons (Fsp3) is 0.0667. The highest BCUT2D eigenvalue weighted by atomic mass is 35.5. The molecule has 22 heavy (non-hydrogen) atoms. The third-order valence-electron chi connectivity index (χ3n) is 3.14. The Morgan fingerprint density at radius 3 is 2.59 bits per heavy atom. The molecule has 0 bridgehead atoms. The highest BCUT2D eigenvalue weighted by molar-refractivity contribution is 6.30. The smallest absolute Gasteiger partial charge is 0.248 e. The molecular weight excluding hydrogens is 302 g/mol. The molecule has 0 unspecified atom stereocenters. The lowest BCUT2D eigenvalue weighted by molar-refractivity contribution is 0.100. The predicted octanol–water partition coefficient (Wildman–Crippen LogP) is 3.81. The first-order chi connectivity index (χ1) is 10.5. The molecule has 2 heterocycles. The summed E-state index contributed by atoms with van der Waals surface area (Å²) in [6.45, 7) is 1.85. The largest absolute Gasteiger partial charge is 0.366 e. The molecule has 0 aliphatic rings. The van der Waals surface area contributed by atoms with Gasteiger partial charge in [-0.1, -0.05) is 11.6 Å². The predicted molar refractivity (Wildman–Crippen MR) is 84.1 cm³/mol. The minimum absolute atomic E-state index is 0.428. The molecule has 2 N–H and O–H groups in total. The van der Waals surface area contributed by atoms with Crippen LogP contribution in [0.25, 0.3) is 5.65 Å². The van der Waals surface area contributed by atoms with Crippen LogP contribution in [-0.4, -0.2) is 15.3 Å². The van der Waals surface area contributed by atoms with Gasteiger partial charge >= 0.3 is 0 Å². The standard InChI is InChI=1S/C15H12ClN5O/c1-9-15(21-8-11(16)4-7-13(21)18-9)20-19-12-5-2-10(3-6-12)14(17)22/h2-8H,1H3,(H2,17,22). The molecule has 6 nitrogen and oxygen atoms in total. The van der Waals surface area contributed by atoms with Gasteiger partial charge in [-0.2, -0.15) is 0 Å². The van der Waals surface area contributed by atoms with Gasteiger partial charge in [-0.15, -0.1) is 10.2 Å². The minimum atomic E-state index is -0.476. The van der Waals surface area contributed by atoms with Crippen LogP contribution in [0.5, 0.6) is 0 Å². The van der Waals surface area contributed by atoms with Crippen molar-refractivity contribution in [2.45, 2.75) is 6.92 Å². The molecule has 0 aliphatic heterocycles. The molecule has 1 amide bonds. The number of amides is 1. The first-order valence-electron chi connectivity index (χ1n) is 6.50. The van der Waals surface area contributed by atoms with E-state index >= 15 is 0 Å². The zero-order valence-corrected chi connectivity index (χ0v) is 12.4. The summed E-state index contributed by atoms with van der Waals surface area (Å²) in [5.74, 6) is 0.132. The number of imidazole rings is 1. The summed E-state index contributed by atoms with van der Waals surface area (Å²) in [5.41, 5.74) is 7.73. The fourth-order valence-electron chi connectivity index (χ4n) is 2.04. The number of aryl methyl sites for hydroxylation is 1. The molecular formula is C15H12ClN5O. The van der Waals surface area contributed by atoms with Gasteiger partial charge in [-0.05, 0) is 43.3 Å². The van der Waals surface area contributed by atoms with Crippen molar-refractivity contribution in [1.82, 2.24) is 9.38 Å². The van der Waals surface area contributed by atoms with Crippen molar-refractivity contribution in [3.63, 3.8) is 0 Å². The average Bonchev–Trinajstić information content (AvgIpc) is 2.80. The molecule has 1 aromatic carbocycles. The maximum atomic E-state index is 11.0. The second-order valence-electron chi connectivity index (χ2n) is 4.71. The normalized spacial score (nSPS) is 11.4. The Morgan fingerprint density at radius 2 is 1.91 bits per heavy atom. The van der Waals surface area contributed by atoms with Crippen molar-refractivity contribution in [1.29, 1.82) is 0 Å². The number of halogens is 1. The van der Waals surface area contributed by atoms with Gasteiger partial charge in [0.2, 0.25) is 5.91 Å². The van der Waals surface area contributed by atoms with Crippen molar-refractivity contribution in [2.24, 2.45) is 16.0 Å². The summed E-state index contributed by atoms with van der Waals surface area (Å²) >= 11 is 6.00.